The Bertz CT molecular complexity index is 375. The van der Waals surface area contributed by atoms with E-state index in [1.807, 2.05) is 18.2 Å². The molecule has 0 aliphatic carbocycles. The topological polar surface area (TPSA) is 35.5 Å². The maximum Gasteiger partial charge on any atom is 0.265 e. The molecule has 1 aromatic carbocycles. The molecule has 0 aromatic heterocycles. The van der Waals surface area contributed by atoms with E-state index in [0.717, 1.165) is 26.1 Å². The molecule has 2 N–H and O–H groups in total. The van der Waals surface area contributed by atoms with Gasteiger partial charge >= 0.3 is 0 Å². The van der Waals surface area contributed by atoms with E-state index < -0.39 is 12.5 Å². The largest absolute Gasteiger partial charge is 0.386 e. The number of benzene rings is 1. The van der Waals surface area contributed by atoms with Crippen LogP contribution in [-0.4, -0.2) is 48.2 Å². The SMILES string of the molecule is OC(CNC1CCN(Cc2ccccc2)C1)C(F)F. The molecule has 1 aromatic rings. The standard InChI is InChI=1S/C14H20F2N2O/c15-14(16)13(19)8-17-12-6-7-18(10-12)9-11-4-2-1-3-5-11/h1-5,12-14,17,19H,6-10H2. The Hall–Kier alpha value is -1.04. The number of rotatable bonds is 6. The average Bonchev–Trinajstić information content (AvgIpc) is 2.84. The average molecular weight is 270 g/mol. The van der Waals surface area contributed by atoms with E-state index in [1.54, 1.807) is 0 Å². The minimum absolute atomic E-state index is 0.0402. The van der Waals surface area contributed by atoms with Gasteiger partial charge in [0.15, 0.2) is 0 Å². The molecule has 1 heterocycles. The zero-order valence-corrected chi connectivity index (χ0v) is 10.8. The van der Waals surface area contributed by atoms with Crippen LogP contribution in [-0.2, 0) is 6.54 Å². The van der Waals surface area contributed by atoms with E-state index in [2.05, 4.69) is 22.3 Å². The first-order valence-corrected chi connectivity index (χ1v) is 6.61. The fourth-order valence-corrected chi connectivity index (χ4v) is 2.36. The summed E-state index contributed by atoms with van der Waals surface area (Å²) >= 11 is 0. The number of likely N-dealkylation sites (tertiary alicyclic amines) is 1. The number of alkyl halides is 2. The molecule has 0 amide bonds. The van der Waals surface area contributed by atoms with Gasteiger partial charge in [-0.1, -0.05) is 30.3 Å². The third-order valence-corrected chi connectivity index (χ3v) is 3.43. The van der Waals surface area contributed by atoms with Gasteiger partial charge in [-0.3, -0.25) is 4.90 Å². The molecule has 1 aliphatic heterocycles. The molecule has 19 heavy (non-hydrogen) atoms. The summed E-state index contributed by atoms with van der Waals surface area (Å²) < 4.78 is 24.3. The fraction of sp³-hybridized carbons (Fsp3) is 0.571. The first kappa shape index (κ1) is 14.4. The van der Waals surface area contributed by atoms with Gasteiger partial charge in [0.05, 0.1) is 0 Å². The second-order valence-corrected chi connectivity index (χ2v) is 5.02. The Labute approximate surface area is 112 Å². The van der Waals surface area contributed by atoms with Crippen LogP contribution in [0.5, 0.6) is 0 Å². The molecular weight excluding hydrogens is 250 g/mol. The quantitative estimate of drug-likeness (QED) is 0.822. The van der Waals surface area contributed by atoms with E-state index >= 15 is 0 Å². The van der Waals surface area contributed by atoms with Crippen LogP contribution in [0.15, 0.2) is 30.3 Å². The Morgan fingerprint density at radius 2 is 2.05 bits per heavy atom. The van der Waals surface area contributed by atoms with Crippen LogP contribution in [0.2, 0.25) is 0 Å². The van der Waals surface area contributed by atoms with Gasteiger partial charge in [0.1, 0.15) is 6.10 Å². The van der Waals surface area contributed by atoms with E-state index in [9.17, 15) is 8.78 Å². The van der Waals surface area contributed by atoms with Crippen molar-refractivity contribution < 1.29 is 13.9 Å². The zero-order chi connectivity index (χ0) is 13.7. The van der Waals surface area contributed by atoms with Crippen LogP contribution in [0.4, 0.5) is 8.78 Å². The summed E-state index contributed by atoms with van der Waals surface area (Å²) in [5, 5.41) is 12.1. The molecule has 2 rings (SSSR count). The number of nitrogens with zero attached hydrogens (tertiary/aromatic N) is 1. The minimum Gasteiger partial charge on any atom is -0.386 e. The Balaban J connectivity index is 1.71. The van der Waals surface area contributed by atoms with Crippen molar-refractivity contribution in [1.82, 2.24) is 10.2 Å². The third kappa shape index (κ3) is 4.53. The van der Waals surface area contributed by atoms with Gasteiger partial charge in [0.2, 0.25) is 0 Å². The lowest BCUT2D eigenvalue weighted by molar-refractivity contribution is -0.00447. The molecule has 2 atom stereocenters. The van der Waals surface area contributed by atoms with Crippen LogP contribution < -0.4 is 5.32 Å². The van der Waals surface area contributed by atoms with Crippen molar-refractivity contribution in [3.63, 3.8) is 0 Å². The minimum atomic E-state index is -2.67. The first-order chi connectivity index (χ1) is 9.15. The van der Waals surface area contributed by atoms with Gasteiger partial charge in [-0.15, -0.1) is 0 Å². The maximum absolute atomic E-state index is 12.2. The zero-order valence-electron chi connectivity index (χ0n) is 10.8. The third-order valence-electron chi connectivity index (χ3n) is 3.43. The molecule has 3 nitrogen and oxygen atoms in total. The summed E-state index contributed by atoms with van der Waals surface area (Å²) in [7, 11) is 0. The van der Waals surface area contributed by atoms with Crippen molar-refractivity contribution in [2.75, 3.05) is 19.6 Å². The van der Waals surface area contributed by atoms with Crippen molar-refractivity contribution in [3.8, 4) is 0 Å². The normalized spacial score (nSPS) is 22.0. The summed E-state index contributed by atoms with van der Waals surface area (Å²) in [5.41, 5.74) is 1.26. The van der Waals surface area contributed by atoms with Crippen molar-refractivity contribution in [1.29, 1.82) is 0 Å². The lowest BCUT2D eigenvalue weighted by atomic mass is 10.2. The summed E-state index contributed by atoms with van der Waals surface area (Å²) in [6.07, 6.45) is -3.31. The fourth-order valence-electron chi connectivity index (χ4n) is 2.36. The Morgan fingerprint density at radius 3 is 2.74 bits per heavy atom. The van der Waals surface area contributed by atoms with Crippen molar-refractivity contribution in [2.45, 2.75) is 31.5 Å². The maximum atomic E-state index is 12.2. The molecule has 0 bridgehead atoms. The molecule has 1 fully saturated rings. The van der Waals surface area contributed by atoms with E-state index in [-0.39, 0.29) is 12.6 Å². The Kier molecular flexibility index (Phi) is 5.24. The van der Waals surface area contributed by atoms with Crippen LogP contribution in [0.1, 0.15) is 12.0 Å². The van der Waals surface area contributed by atoms with Gasteiger partial charge < -0.3 is 10.4 Å². The molecule has 2 unspecified atom stereocenters. The van der Waals surface area contributed by atoms with Gasteiger partial charge in [0, 0.05) is 32.2 Å². The van der Waals surface area contributed by atoms with Crippen molar-refractivity contribution in [2.24, 2.45) is 0 Å². The summed E-state index contributed by atoms with van der Waals surface area (Å²) in [5.74, 6) is 0. The molecule has 0 radical (unpaired) electrons. The highest BCUT2D eigenvalue weighted by molar-refractivity contribution is 5.14. The van der Waals surface area contributed by atoms with Gasteiger partial charge in [0.25, 0.3) is 6.43 Å². The van der Waals surface area contributed by atoms with Crippen molar-refractivity contribution in [3.05, 3.63) is 35.9 Å². The lowest BCUT2D eigenvalue weighted by Gasteiger charge is -2.18. The molecule has 5 heteroatoms. The molecule has 0 spiro atoms. The first-order valence-electron chi connectivity index (χ1n) is 6.61. The van der Waals surface area contributed by atoms with Gasteiger partial charge in [-0.05, 0) is 12.0 Å². The van der Waals surface area contributed by atoms with Crippen LogP contribution in [0.3, 0.4) is 0 Å². The summed E-state index contributed by atoms with van der Waals surface area (Å²) in [6, 6.07) is 10.4. The molecule has 1 aliphatic rings. The monoisotopic (exact) mass is 270 g/mol. The Morgan fingerprint density at radius 1 is 1.32 bits per heavy atom. The van der Waals surface area contributed by atoms with E-state index in [0.29, 0.717) is 0 Å². The van der Waals surface area contributed by atoms with E-state index in [4.69, 9.17) is 5.11 Å². The highest BCUT2D eigenvalue weighted by Crippen LogP contribution is 2.13. The molecular formula is C14H20F2N2O. The van der Waals surface area contributed by atoms with Gasteiger partial charge in [-0.2, -0.15) is 0 Å². The molecule has 106 valence electrons. The van der Waals surface area contributed by atoms with Crippen LogP contribution >= 0.6 is 0 Å². The second-order valence-electron chi connectivity index (χ2n) is 5.02. The van der Waals surface area contributed by atoms with Crippen LogP contribution in [0, 0.1) is 0 Å². The summed E-state index contributed by atoms with van der Waals surface area (Å²) in [6.45, 7) is 2.64. The van der Waals surface area contributed by atoms with E-state index in [1.165, 1.54) is 5.56 Å². The number of halogens is 2. The summed E-state index contributed by atoms with van der Waals surface area (Å²) in [4.78, 5) is 2.29. The highest BCUT2D eigenvalue weighted by Gasteiger charge is 2.24. The number of hydrogen-bond donors (Lipinski definition) is 2. The highest BCUT2D eigenvalue weighted by atomic mass is 19.3. The molecule has 1 saturated heterocycles. The number of hydrogen-bond acceptors (Lipinski definition) is 3. The number of aliphatic hydroxyl groups excluding tert-OH is 1. The predicted molar refractivity (Wildman–Crippen MR) is 70.1 cm³/mol. The smallest absolute Gasteiger partial charge is 0.265 e. The second kappa shape index (κ2) is 6.93. The van der Waals surface area contributed by atoms with Crippen molar-refractivity contribution >= 4 is 0 Å². The number of nitrogens with one attached hydrogen (secondary N) is 1. The number of aliphatic hydroxyl groups is 1. The lowest BCUT2D eigenvalue weighted by Crippen LogP contribution is -2.39. The molecule has 0 saturated carbocycles. The van der Waals surface area contributed by atoms with Gasteiger partial charge in [-0.25, -0.2) is 8.78 Å². The van der Waals surface area contributed by atoms with Crippen LogP contribution in [0.25, 0.3) is 0 Å². The predicted octanol–water partition coefficient (Wildman–Crippen LogP) is 1.48.